The smallest absolute Gasteiger partial charge is 0.248 e. The summed E-state index contributed by atoms with van der Waals surface area (Å²) in [6.07, 6.45) is 1.14. The van der Waals surface area contributed by atoms with E-state index in [0.29, 0.717) is 23.7 Å². The third kappa shape index (κ3) is 4.19. The van der Waals surface area contributed by atoms with E-state index in [4.69, 9.17) is 11.6 Å². The second kappa shape index (κ2) is 10.1. The molecule has 190 valence electrons. The molecule has 36 heavy (non-hydrogen) atoms. The second-order valence-corrected chi connectivity index (χ2v) is 11.8. The van der Waals surface area contributed by atoms with Gasteiger partial charge in [-0.1, -0.05) is 48.9 Å². The molecule has 9 heteroatoms. The summed E-state index contributed by atoms with van der Waals surface area (Å²) < 4.78 is -0.692. The molecule has 0 aromatic heterocycles. The zero-order valence-electron chi connectivity index (χ0n) is 20.0. The fraction of sp³-hybridized carbons (Fsp3) is 0.444. The van der Waals surface area contributed by atoms with E-state index in [1.165, 1.54) is 0 Å². The lowest BCUT2D eigenvalue weighted by molar-refractivity contribution is -0.139. The number of hydrogen-bond donors (Lipinski definition) is 3. The Kier molecular flexibility index (Phi) is 7.03. The van der Waals surface area contributed by atoms with Crippen molar-refractivity contribution in [1.29, 1.82) is 0 Å². The molecule has 0 aliphatic carbocycles. The van der Waals surface area contributed by atoms with Gasteiger partial charge in [0.1, 0.15) is 6.04 Å². The highest BCUT2D eigenvalue weighted by molar-refractivity contribution is 8.02. The van der Waals surface area contributed by atoms with Crippen LogP contribution in [0.2, 0.25) is 5.02 Å². The number of likely N-dealkylation sites (tertiary alicyclic amines) is 1. The van der Waals surface area contributed by atoms with Crippen LogP contribution in [0.5, 0.6) is 0 Å². The Labute approximate surface area is 220 Å². The van der Waals surface area contributed by atoms with Crippen LogP contribution in [0, 0.1) is 17.8 Å². The van der Waals surface area contributed by atoms with E-state index < -0.39 is 22.6 Å². The van der Waals surface area contributed by atoms with E-state index in [1.807, 2.05) is 30.3 Å². The lowest BCUT2D eigenvalue weighted by Crippen LogP contribution is -2.55. The normalized spacial score (nSPS) is 30.4. The van der Waals surface area contributed by atoms with Gasteiger partial charge in [-0.2, -0.15) is 0 Å². The molecule has 5 rings (SSSR count). The lowest BCUT2D eigenvalue weighted by atomic mass is 9.66. The molecule has 3 aliphatic heterocycles. The molecule has 3 fully saturated rings. The maximum atomic E-state index is 13.9. The first-order valence-electron chi connectivity index (χ1n) is 12.3. The van der Waals surface area contributed by atoms with Crippen LogP contribution in [0.3, 0.4) is 0 Å². The third-order valence-electron chi connectivity index (χ3n) is 7.78. The van der Waals surface area contributed by atoms with Gasteiger partial charge >= 0.3 is 0 Å². The number of aliphatic hydroxyl groups excluding tert-OH is 1. The van der Waals surface area contributed by atoms with Gasteiger partial charge in [0.25, 0.3) is 0 Å². The average molecular weight is 528 g/mol. The van der Waals surface area contributed by atoms with Crippen LogP contribution >= 0.6 is 23.4 Å². The van der Waals surface area contributed by atoms with E-state index >= 15 is 0 Å². The molecule has 3 aliphatic rings. The van der Waals surface area contributed by atoms with Crippen LogP contribution < -0.4 is 10.6 Å². The van der Waals surface area contributed by atoms with Crippen molar-refractivity contribution in [2.45, 2.75) is 42.3 Å². The van der Waals surface area contributed by atoms with E-state index in [0.717, 1.165) is 12.0 Å². The zero-order valence-corrected chi connectivity index (χ0v) is 21.6. The van der Waals surface area contributed by atoms with E-state index in [1.54, 1.807) is 40.9 Å². The van der Waals surface area contributed by atoms with Crippen molar-refractivity contribution in [1.82, 2.24) is 10.2 Å². The molecule has 0 radical (unpaired) electrons. The lowest BCUT2D eigenvalue weighted by Gasteiger charge is -2.38. The Morgan fingerprint density at radius 1 is 1.14 bits per heavy atom. The molecule has 3 N–H and O–H groups in total. The summed E-state index contributed by atoms with van der Waals surface area (Å²) in [6, 6.07) is 15.8. The summed E-state index contributed by atoms with van der Waals surface area (Å²) in [5.41, 5.74) is 1.59. The first-order chi connectivity index (χ1) is 17.4. The van der Waals surface area contributed by atoms with Crippen LogP contribution in [-0.4, -0.2) is 56.9 Å². The quantitative estimate of drug-likeness (QED) is 0.489. The van der Waals surface area contributed by atoms with Crippen molar-refractivity contribution in [2.75, 3.05) is 18.5 Å². The molecule has 3 heterocycles. The number of carbonyl (C=O) groups excluding carboxylic acids is 3. The van der Waals surface area contributed by atoms with Crippen molar-refractivity contribution in [3.63, 3.8) is 0 Å². The van der Waals surface area contributed by atoms with Gasteiger partial charge in [-0.05, 0) is 48.6 Å². The zero-order chi connectivity index (χ0) is 25.4. The summed E-state index contributed by atoms with van der Waals surface area (Å²) in [7, 11) is 0. The van der Waals surface area contributed by atoms with Crippen LogP contribution in [0.25, 0.3) is 0 Å². The summed E-state index contributed by atoms with van der Waals surface area (Å²) in [6.45, 7) is 2.66. The van der Waals surface area contributed by atoms with Crippen molar-refractivity contribution < 1.29 is 19.5 Å². The predicted molar refractivity (Wildman–Crippen MR) is 140 cm³/mol. The molecular formula is C27H30ClN3O4S. The molecule has 2 aromatic carbocycles. The number of rotatable bonds is 8. The third-order valence-corrected chi connectivity index (χ3v) is 10.1. The molecule has 1 spiro atoms. The first kappa shape index (κ1) is 25.1. The SMILES string of the molecule is CC1C[C@H]2SC13C(C(=O)Nc1ccc(Cl)cc1)N(CCCO)C(=O)[C@@H]3[C@H]2C(=O)NCc1ccccc1. The number of hydrogen-bond acceptors (Lipinski definition) is 5. The fourth-order valence-corrected chi connectivity index (χ4v) is 8.80. The highest BCUT2D eigenvalue weighted by atomic mass is 35.5. The molecule has 2 aromatic rings. The van der Waals surface area contributed by atoms with Crippen molar-refractivity contribution >= 4 is 46.8 Å². The number of thioether (sulfide) groups is 1. The van der Waals surface area contributed by atoms with Gasteiger partial charge in [-0.3, -0.25) is 14.4 Å². The summed E-state index contributed by atoms with van der Waals surface area (Å²) in [5.74, 6) is -1.55. The van der Waals surface area contributed by atoms with Gasteiger partial charge in [-0.15, -0.1) is 11.8 Å². The maximum absolute atomic E-state index is 13.9. The minimum absolute atomic E-state index is 0.0180. The summed E-state index contributed by atoms with van der Waals surface area (Å²) in [5, 5.41) is 16.0. The van der Waals surface area contributed by atoms with Gasteiger partial charge in [0.2, 0.25) is 17.7 Å². The molecule has 0 saturated carbocycles. The number of nitrogens with zero attached hydrogens (tertiary/aromatic N) is 1. The van der Waals surface area contributed by atoms with Gasteiger partial charge in [0.05, 0.1) is 16.6 Å². The molecular weight excluding hydrogens is 498 g/mol. The second-order valence-electron chi connectivity index (χ2n) is 9.86. The van der Waals surface area contributed by atoms with Gasteiger partial charge < -0.3 is 20.6 Å². The number of fused-ring (bicyclic) bond motifs is 1. The van der Waals surface area contributed by atoms with Crippen LogP contribution in [0.4, 0.5) is 5.69 Å². The Hall–Kier alpha value is -2.55. The molecule has 6 atom stereocenters. The van der Waals surface area contributed by atoms with Crippen molar-refractivity contribution in [2.24, 2.45) is 17.8 Å². The standard InChI is InChI=1S/C27H30ClN3O4S/c1-16-14-20-21(24(33)29-15-17-6-3-2-4-7-17)22-26(35)31(12-5-13-32)23(27(16,22)36-20)25(34)30-19-10-8-18(28)9-11-19/h2-4,6-11,16,20-23,32H,5,12-15H2,1H3,(H,29,33)(H,30,34)/t16?,20-,21+,22+,23?,27?/m1/s1. The van der Waals surface area contributed by atoms with Gasteiger partial charge in [0, 0.05) is 35.7 Å². The van der Waals surface area contributed by atoms with Gasteiger partial charge in [0.15, 0.2) is 0 Å². The number of amides is 3. The predicted octanol–water partition coefficient (Wildman–Crippen LogP) is 3.31. The molecule has 2 bridgehead atoms. The average Bonchev–Trinajstić information content (AvgIpc) is 3.47. The number of carbonyl (C=O) groups is 3. The Balaban J connectivity index is 1.44. The summed E-state index contributed by atoms with van der Waals surface area (Å²) in [4.78, 5) is 42.7. The number of benzene rings is 2. The summed E-state index contributed by atoms with van der Waals surface area (Å²) >= 11 is 7.64. The molecule has 3 saturated heterocycles. The Morgan fingerprint density at radius 3 is 2.56 bits per heavy atom. The highest BCUT2D eigenvalue weighted by Gasteiger charge is 2.75. The minimum atomic E-state index is -0.728. The van der Waals surface area contributed by atoms with E-state index in [-0.39, 0.29) is 42.0 Å². The number of halogens is 1. The Bertz CT molecular complexity index is 1150. The monoisotopic (exact) mass is 527 g/mol. The van der Waals surface area contributed by atoms with Crippen LogP contribution in [0.1, 0.15) is 25.3 Å². The van der Waals surface area contributed by atoms with Gasteiger partial charge in [-0.25, -0.2) is 0 Å². The minimum Gasteiger partial charge on any atom is -0.396 e. The van der Waals surface area contributed by atoms with Crippen LogP contribution in [-0.2, 0) is 20.9 Å². The molecule has 3 amide bonds. The van der Waals surface area contributed by atoms with E-state index in [9.17, 15) is 19.5 Å². The maximum Gasteiger partial charge on any atom is 0.248 e. The van der Waals surface area contributed by atoms with E-state index in [2.05, 4.69) is 17.6 Å². The number of anilines is 1. The van der Waals surface area contributed by atoms with Crippen LogP contribution in [0.15, 0.2) is 54.6 Å². The largest absolute Gasteiger partial charge is 0.396 e. The topological polar surface area (TPSA) is 98.7 Å². The van der Waals surface area contributed by atoms with Crippen molar-refractivity contribution in [3.8, 4) is 0 Å². The Morgan fingerprint density at radius 2 is 1.86 bits per heavy atom. The fourth-order valence-electron chi connectivity index (χ4n) is 6.25. The number of nitrogens with one attached hydrogen (secondary N) is 2. The number of aliphatic hydroxyl groups is 1. The van der Waals surface area contributed by atoms with Crippen molar-refractivity contribution in [3.05, 3.63) is 65.2 Å². The molecule has 3 unspecified atom stereocenters. The first-order valence-corrected chi connectivity index (χ1v) is 13.6. The molecule has 7 nitrogen and oxygen atoms in total. The highest BCUT2D eigenvalue weighted by Crippen LogP contribution is 2.68.